The van der Waals surface area contributed by atoms with Crippen molar-refractivity contribution in [3.63, 3.8) is 0 Å². The quantitative estimate of drug-likeness (QED) is 0.199. The molecule has 0 aliphatic heterocycles. The first kappa shape index (κ1) is 26.0. The van der Waals surface area contributed by atoms with Crippen LogP contribution in [0.4, 0.5) is 0 Å². The van der Waals surface area contributed by atoms with E-state index in [2.05, 4.69) is 121 Å². The second-order valence-electron chi connectivity index (χ2n) is 11.1. The second-order valence-corrected chi connectivity index (χ2v) is 15.9. The molecule has 6 rings (SSSR count). The van der Waals surface area contributed by atoms with E-state index in [1.165, 1.54) is 51.4 Å². The van der Waals surface area contributed by atoms with E-state index < -0.39 is 15.8 Å². The Morgan fingerprint density at radius 1 is 0.447 bits per heavy atom. The van der Waals surface area contributed by atoms with Crippen molar-refractivity contribution in [2.75, 3.05) is 0 Å². The van der Waals surface area contributed by atoms with Crippen molar-refractivity contribution in [1.82, 2.24) is 0 Å². The molecule has 0 spiro atoms. The summed E-state index contributed by atoms with van der Waals surface area (Å²) < 4.78 is 0. The van der Waals surface area contributed by atoms with E-state index in [0.29, 0.717) is 0 Å². The Labute approximate surface area is 232 Å². The molecule has 38 heavy (non-hydrogen) atoms. The van der Waals surface area contributed by atoms with E-state index in [1.807, 2.05) is 0 Å². The van der Waals surface area contributed by atoms with Crippen molar-refractivity contribution in [1.29, 1.82) is 0 Å². The van der Waals surface area contributed by atoms with E-state index in [-0.39, 0.29) is 0 Å². The molecule has 2 fully saturated rings. The average molecular weight is 535 g/mol. The summed E-state index contributed by atoms with van der Waals surface area (Å²) in [6.45, 7) is 0. The van der Waals surface area contributed by atoms with Gasteiger partial charge in [0.05, 0.1) is 0 Å². The summed E-state index contributed by atoms with van der Waals surface area (Å²) in [7, 11) is -0.824. The van der Waals surface area contributed by atoms with E-state index in [1.54, 1.807) is 21.2 Å². The van der Waals surface area contributed by atoms with Crippen LogP contribution in [0.5, 0.6) is 0 Å². The van der Waals surface area contributed by atoms with Crippen molar-refractivity contribution < 1.29 is 0 Å². The lowest BCUT2D eigenvalue weighted by Gasteiger charge is -2.44. The molecule has 0 aromatic heterocycles. The van der Waals surface area contributed by atoms with E-state index in [0.717, 1.165) is 23.2 Å². The summed E-state index contributed by atoms with van der Waals surface area (Å²) >= 11 is 0. The lowest BCUT2D eigenvalue weighted by molar-refractivity contribution is 0.300. The van der Waals surface area contributed by atoms with Crippen molar-refractivity contribution >= 4 is 37.1 Å². The minimum atomic E-state index is -0.427. The zero-order chi connectivity index (χ0) is 25.6. The molecule has 194 valence electrons. The fraction of sp³-hybridized carbons (Fsp3) is 0.333. The molecule has 4 aromatic rings. The van der Waals surface area contributed by atoms with Crippen LogP contribution in [-0.2, 0) is 0 Å². The third-order valence-corrected chi connectivity index (χ3v) is 15.0. The molecule has 0 bridgehead atoms. The van der Waals surface area contributed by atoms with Gasteiger partial charge in [-0.05, 0) is 85.9 Å². The zero-order valence-electron chi connectivity index (χ0n) is 22.4. The van der Waals surface area contributed by atoms with Crippen molar-refractivity contribution in [2.45, 2.75) is 62.7 Å². The maximum Gasteiger partial charge on any atom is -0.00659 e. The summed E-state index contributed by atoms with van der Waals surface area (Å²) in [6, 6.07) is 46.3. The molecule has 0 heterocycles. The van der Waals surface area contributed by atoms with Crippen LogP contribution >= 0.6 is 15.8 Å². The molecule has 0 saturated heterocycles. The highest BCUT2D eigenvalue weighted by atomic mass is 31.1. The normalized spacial score (nSPS) is 21.1. The molecule has 4 aromatic carbocycles. The number of hydrogen-bond acceptors (Lipinski definition) is 0. The maximum absolute atomic E-state index is 2.44. The first-order valence-electron chi connectivity index (χ1n) is 14.7. The Kier molecular flexibility index (Phi) is 8.71. The van der Waals surface area contributed by atoms with Crippen LogP contribution in [0.2, 0.25) is 0 Å². The van der Waals surface area contributed by atoms with Crippen molar-refractivity contribution in [3.05, 3.63) is 121 Å². The van der Waals surface area contributed by atoms with Gasteiger partial charge in [0.25, 0.3) is 0 Å². The minimum Gasteiger partial charge on any atom is -0.0622 e. The molecule has 2 aliphatic rings. The molecule has 3 atom stereocenters. The molecular weight excluding hydrogens is 494 g/mol. The van der Waals surface area contributed by atoms with Gasteiger partial charge >= 0.3 is 0 Å². The second kappa shape index (κ2) is 12.7. The molecule has 0 amide bonds. The Morgan fingerprint density at radius 2 is 0.895 bits per heavy atom. The van der Waals surface area contributed by atoms with Gasteiger partial charge in [-0.15, -0.1) is 0 Å². The van der Waals surface area contributed by atoms with Gasteiger partial charge in [-0.2, -0.15) is 0 Å². The summed E-state index contributed by atoms with van der Waals surface area (Å²) in [6.07, 6.45) is 11.2. The third kappa shape index (κ3) is 5.69. The Bertz CT molecular complexity index is 1160. The molecule has 0 nitrogen and oxygen atoms in total. The number of rotatable bonds is 8. The van der Waals surface area contributed by atoms with E-state index >= 15 is 0 Å². The number of benzene rings is 4. The lowest BCUT2D eigenvalue weighted by Crippen LogP contribution is -2.39. The lowest BCUT2D eigenvalue weighted by atomic mass is 9.81. The van der Waals surface area contributed by atoms with Gasteiger partial charge in [-0.1, -0.05) is 147 Å². The van der Waals surface area contributed by atoms with Gasteiger partial charge in [0, 0.05) is 0 Å². The monoisotopic (exact) mass is 534 g/mol. The maximum atomic E-state index is 2.44. The summed E-state index contributed by atoms with van der Waals surface area (Å²) in [5.41, 5.74) is 1.50. The molecule has 2 aliphatic carbocycles. The van der Waals surface area contributed by atoms with Gasteiger partial charge in [-0.3, -0.25) is 0 Å². The van der Waals surface area contributed by atoms with Crippen LogP contribution in [0.25, 0.3) is 0 Å². The van der Waals surface area contributed by atoms with Crippen molar-refractivity contribution in [2.24, 2.45) is 11.8 Å². The number of hydrogen-bond donors (Lipinski definition) is 0. The van der Waals surface area contributed by atoms with Gasteiger partial charge in [0.15, 0.2) is 0 Å². The average Bonchev–Trinajstić information content (AvgIpc) is 3.47. The van der Waals surface area contributed by atoms with Gasteiger partial charge < -0.3 is 0 Å². The first-order chi connectivity index (χ1) is 18.9. The molecular formula is C36H40P2. The molecule has 0 radical (unpaired) electrons. The predicted octanol–water partition coefficient (Wildman–Crippen LogP) is 8.37. The zero-order valence-corrected chi connectivity index (χ0v) is 24.2. The standard InChI is InChI=1S/C36H40P2/c1-6-17-29(18-7-1)36(38(32-23-12-4-13-24-32)33-25-14-5-15-26-33)34-27-16-28-35(34)37(30-19-8-2-9-20-30)31-21-10-3-11-22-31/h2-5,8-15,19-26,29,34-36H,1,6-7,16-18,27-28H2/t34-,35-,36+/m0/s1. The largest absolute Gasteiger partial charge is 0.0622 e. The highest BCUT2D eigenvalue weighted by Crippen LogP contribution is 2.59. The topological polar surface area (TPSA) is 0 Å². The Balaban J connectivity index is 1.47. The highest BCUT2D eigenvalue weighted by molar-refractivity contribution is 7.74. The fourth-order valence-electron chi connectivity index (χ4n) is 7.30. The van der Waals surface area contributed by atoms with Crippen molar-refractivity contribution in [3.8, 4) is 0 Å². The van der Waals surface area contributed by atoms with Gasteiger partial charge in [-0.25, -0.2) is 0 Å². The third-order valence-electron chi connectivity index (χ3n) is 8.87. The van der Waals surface area contributed by atoms with Crippen LogP contribution in [0.15, 0.2) is 121 Å². The van der Waals surface area contributed by atoms with Crippen LogP contribution in [0.1, 0.15) is 51.4 Å². The molecule has 0 N–H and O–H groups in total. The predicted molar refractivity (Wildman–Crippen MR) is 170 cm³/mol. The van der Waals surface area contributed by atoms with Gasteiger partial charge in [0.2, 0.25) is 0 Å². The van der Waals surface area contributed by atoms with Crippen LogP contribution in [-0.4, -0.2) is 11.3 Å². The first-order valence-corrected chi connectivity index (χ1v) is 17.5. The van der Waals surface area contributed by atoms with Crippen LogP contribution in [0, 0.1) is 11.8 Å². The smallest absolute Gasteiger partial charge is 0.00659 e. The van der Waals surface area contributed by atoms with E-state index in [4.69, 9.17) is 0 Å². The summed E-state index contributed by atoms with van der Waals surface area (Å²) in [5.74, 6) is 1.61. The Morgan fingerprint density at radius 3 is 1.37 bits per heavy atom. The van der Waals surface area contributed by atoms with Crippen LogP contribution in [0.3, 0.4) is 0 Å². The SMILES string of the molecule is c1ccc(P(c2ccccc2)[C@H](C2CCCCC2)[C@H]2CCC[C@@H]2P(c2ccccc2)c2ccccc2)cc1. The Hall–Kier alpha value is -2.26. The van der Waals surface area contributed by atoms with Gasteiger partial charge in [0.1, 0.15) is 0 Å². The summed E-state index contributed by atoms with van der Waals surface area (Å²) in [4.78, 5) is 0. The molecule has 2 saturated carbocycles. The molecule has 0 unspecified atom stereocenters. The van der Waals surface area contributed by atoms with Crippen LogP contribution < -0.4 is 21.2 Å². The fourth-order valence-corrected chi connectivity index (χ4v) is 14.1. The minimum absolute atomic E-state index is 0.397. The van der Waals surface area contributed by atoms with E-state index in [9.17, 15) is 0 Å². The highest BCUT2D eigenvalue weighted by Gasteiger charge is 2.45. The summed E-state index contributed by atoms with van der Waals surface area (Å²) in [5, 5.41) is 6.30. The molecule has 2 heteroatoms.